The van der Waals surface area contributed by atoms with Crippen LogP contribution in [0, 0.1) is 10.1 Å². The monoisotopic (exact) mass is 491 g/mol. The minimum absolute atomic E-state index is 0.104. The zero-order valence-corrected chi connectivity index (χ0v) is 19.3. The van der Waals surface area contributed by atoms with Gasteiger partial charge in [0.1, 0.15) is 11.6 Å². The predicted molar refractivity (Wildman–Crippen MR) is 125 cm³/mol. The Morgan fingerprint density at radius 1 is 1.17 bits per heavy atom. The first-order valence-electron chi connectivity index (χ1n) is 10.8. The van der Waals surface area contributed by atoms with Crippen molar-refractivity contribution in [1.29, 1.82) is 0 Å². The van der Waals surface area contributed by atoms with Crippen molar-refractivity contribution in [2.75, 3.05) is 55.5 Å². The van der Waals surface area contributed by atoms with Crippen LogP contribution < -0.4 is 15.1 Å². The number of morpholine rings is 1. The summed E-state index contributed by atoms with van der Waals surface area (Å²) in [5, 5.41) is 15.0. The zero-order chi connectivity index (χ0) is 25.3. The standard InChI is InChI=1S/C22H24F3N7O3/c1-13(14-8-15(22(23,24)25)10-16(9-14)32(33)34)27-20-17-11-19(31-4-6-35-7-5-31)26-12-18(17)28-21(29-20)30(2)3/h8-13H,4-7H2,1-3H3,(H,27,28,29). The number of halogens is 3. The fraction of sp³-hybridized carbons (Fsp3) is 0.409. The molecule has 186 valence electrons. The van der Waals surface area contributed by atoms with E-state index in [0.717, 1.165) is 12.1 Å². The molecular weight excluding hydrogens is 467 g/mol. The fourth-order valence-electron chi connectivity index (χ4n) is 3.73. The van der Waals surface area contributed by atoms with E-state index < -0.39 is 28.4 Å². The van der Waals surface area contributed by atoms with E-state index in [1.165, 1.54) is 0 Å². The number of benzene rings is 1. The van der Waals surface area contributed by atoms with Gasteiger partial charge in [0.05, 0.1) is 41.5 Å². The average Bonchev–Trinajstić information content (AvgIpc) is 2.83. The number of hydrogen-bond donors (Lipinski definition) is 1. The molecule has 10 nitrogen and oxygen atoms in total. The lowest BCUT2D eigenvalue weighted by molar-refractivity contribution is -0.385. The maximum absolute atomic E-state index is 13.4. The number of alkyl halides is 3. The number of nitrogens with one attached hydrogen (secondary N) is 1. The smallest absolute Gasteiger partial charge is 0.378 e. The summed E-state index contributed by atoms with van der Waals surface area (Å²) in [6, 6.07) is 3.65. The van der Waals surface area contributed by atoms with Gasteiger partial charge in [0.2, 0.25) is 5.95 Å². The predicted octanol–water partition coefficient (Wildman–Crippen LogP) is 4.03. The van der Waals surface area contributed by atoms with Crippen molar-refractivity contribution in [2.24, 2.45) is 0 Å². The molecule has 0 amide bonds. The van der Waals surface area contributed by atoms with Gasteiger partial charge in [-0.2, -0.15) is 18.2 Å². The Labute approximate surface area is 198 Å². The summed E-state index contributed by atoms with van der Waals surface area (Å²) in [5.74, 6) is 1.46. The van der Waals surface area contributed by atoms with Crippen LogP contribution in [0.5, 0.6) is 0 Å². The summed E-state index contributed by atoms with van der Waals surface area (Å²) in [6.45, 7) is 4.11. The van der Waals surface area contributed by atoms with Crippen molar-refractivity contribution in [3.8, 4) is 0 Å². The van der Waals surface area contributed by atoms with Gasteiger partial charge >= 0.3 is 6.18 Å². The molecule has 13 heteroatoms. The normalized spacial score (nSPS) is 15.2. The molecule has 1 aliphatic rings. The van der Waals surface area contributed by atoms with E-state index in [-0.39, 0.29) is 5.56 Å². The van der Waals surface area contributed by atoms with Crippen LogP contribution in [0.4, 0.5) is 36.4 Å². The quantitative estimate of drug-likeness (QED) is 0.404. The SMILES string of the molecule is CC(Nc1nc(N(C)C)nc2cnc(N3CCOCC3)cc12)c1cc([N+](=O)[O-])cc(C(F)(F)F)c1. The van der Waals surface area contributed by atoms with Crippen molar-refractivity contribution in [2.45, 2.75) is 19.1 Å². The van der Waals surface area contributed by atoms with Crippen LogP contribution >= 0.6 is 0 Å². The number of aromatic nitrogens is 3. The molecule has 3 heterocycles. The molecule has 1 unspecified atom stereocenters. The lowest BCUT2D eigenvalue weighted by Crippen LogP contribution is -2.36. The molecule has 1 fully saturated rings. The third-order valence-corrected chi connectivity index (χ3v) is 5.62. The Morgan fingerprint density at radius 2 is 1.89 bits per heavy atom. The molecule has 1 atom stereocenters. The van der Waals surface area contributed by atoms with Gasteiger partial charge < -0.3 is 19.9 Å². The van der Waals surface area contributed by atoms with Gasteiger partial charge in [-0.15, -0.1) is 0 Å². The number of non-ortho nitro benzene ring substituents is 1. The van der Waals surface area contributed by atoms with Gasteiger partial charge in [-0.25, -0.2) is 9.97 Å². The number of nitro groups is 1. The summed E-state index contributed by atoms with van der Waals surface area (Å²) in [7, 11) is 3.53. The molecule has 0 saturated carbocycles. The minimum Gasteiger partial charge on any atom is -0.378 e. The van der Waals surface area contributed by atoms with E-state index in [1.54, 1.807) is 32.1 Å². The van der Waals surface area contributed by atoms with Gasteiger partial charge in [0.25, 0.3) is 5.69 Å². The maximum Gasteiger partial charge on any atom is 0.416 e. The topological polar surface area (TPSA) is 110 Å². The number of nitro benzene ring substituents is 1. The number of nitrogens with zero attached hydrogens (tertiary/aromatic N) is 6. The number of hydrogen-bond acceptors (Lipinski definition) is 9. The second-order valence-electron chi connectivity index (χ2n) is 8.36. The van der Waals surface area contributed by atoms with Crippen LogP contribution in [0.3, 0.4) is 0 Å². The molecular formula is C22H24F3N7O3. The van der Waals surface area contributed by atoms with Gasteiger partial charge in [0.15, 0.2) is 0 Å². The highest BCUT2D eigenvalue weighted by atomic mass is 19.4. The number of rotatable bonds is 6. The Kier molecular flexibility index (Phi) is 6.61. The van der Waals surface area contributed by atoms with Crippen molar-refractivity contribution >= 4 is 34.2 Å². The van der Waals surface area contributed by atoms with E-state index in [4.69, 9.17) is 4.74 Å². The Hall–Kier alpha value is -3.74. The summed E-state index contributed by atoms with van der Waals surface area (Å²) >= 11 is 0. The first-order valence-corrected chi connectivity index (χ1v) is 10.8. The Morgan fingerprint density at radius 3 is 2.51 bits per heavy atom. The number of ether oxygens (including phenoxy) is 1. The minimum atomic E-state index is -4.72. The summed E-state index contributed by atoms with van der Waals surface area (Å²) in [5.41, 5.74) is -1.07. The highest BCUT2D eigenvalue weighted by Crippen LogP contribution is 2.35. The molecule has 1 N–H and O–H groups in total. The lowest BCUT2D eigenvalue weighted by Gasteiger charge is -2.28. The molecule has 0 aliphatic carbocycles. The molecule has 1 saturated heterocycles. The van der Waals surface area contributed by atoms with E-state index in [0.29, 0.717) is 60.9 Å². The van der Waals surface area contributed by atoms with Crippen LogP contribution in [0.15, 0.2) is 30.5 Å². The van der Waals surface area contributed by atoms with Crippen molar-refractivity contribution in [3.05, 3.63) is 51.7 Å². The molecule has 0 spiro atoms. The molecule has 0 radical (unpaired) electrons. The van der Waals surface area contributed by atoms with Crippen LogP contribution in [0.25, 0.3) is 10.9 Å². The van der Waals surface area contributed by atoms with Crippen LogP contribution in [-0.2, 0) is 10.9 Å². The molecule has 4 rings (SSSR count). The van der Waals surface area contributed by atoms with E-state index in [1.807, 2.05) is 6.07 Å². The fourth-order valence-corrected chi connectivity index (χ4v) is 3.73. The van der Waals surface area contributed by atoms with Gasteiger partial charge in [-0.3, -0.25) is 10.1 Å². The van der Waals surface area contributed by atoms with Gasteiger partial charge in [-0.05, 0) is 24.6 Å². The summed E-state index contributed by atoms with van der Waals surface area (Å²) in [6.07, 6.45) is -3.10. The highest BCUT2D eigenvalue weighted by molar-refractivity contribution is 5.91. The Bertz CT molecular complexity index is 1250. The lowest BCUT2D eigenvalue weighted by atomic mass is 10.0. The highest BCUT2D eigenvalue weighted by Gasteiger charge is 2.33. The Balaban J connectivity index is 1.76. The largest absolute Gasteiger partial charge is 0.416 e. The zero-order valence-electron chi connectivity index (χ0n) is 19.3. The third-order valence-electron chi connectivity index (χ3n) is 5.62. The van der Waals surface area contributed by atoms with Crippen LogP contribution in [0.1, 0.15) is 24.1 Å². The molecule has 3 aromatic rings. The van der Waals surface area contributed by atoms with Gasteiger partial charge in [0, 0.05) is 44.7 Å². The summed E-state index contributed by atoms with van der Waals surface area (Å²) in [4.78, 5) is 27.8. The molecule has 35 heavy (non-hydrogen) atoms. The molecule has 2 aromatic heterocycles. The second-order valence-corrected chi connectivity index (χ2v) is 8.36. The van der Waals surface area contributed by atoms with Gasteiger partial charge in [-0.1, -0.05) is 0 Å². The van der Waals surface area contributed by atoms with Crippen molar-refractivity contribution in [1.82, 2.24) is 15.0 Å². The number of fused-ring (bicyclic) bond motifs is 1. The number of pyridine rings is 1. The third kappa shape index (κ3) is 5.34. The maximum atomic E-state index is 13.4. The number of anilines is 3. The first-order chi connectivity index (χ1) is 16.5. The molecule has 1 aliphatic heterocycles. The van der Waals surface area contributed by atoms with Crippen LogP contribution in [-0.4, -0.2) is 60.3 Å². The summed E-state index contributed by atoms with van der Waals surface area (Å²) < 4.78 is 45.5. The average molecular weight is 491 g/mol. The van der Waals surface area contributed by atoms with Crippen molar-refractivity contribution in [3.63, 3.8) is 0 Å². The molecule has 1 aromatic carbocycles. The first kappa shape index (κ1) is 24.4. The van der Waals surface area contributed by atoms with E-state index in [2.05, 4.69) is 25.2 Å². The van der Waals surface area contributed by atoms with E-state index >= 15 is 0 Å². The second kappa shape index (κ2) is 9.49. The molecule has 0 bridgehead atoms. The van der Waals surface area contributed by atoms with E-state index in [9.17, 15) is 23.3 Å². The van der Waals surface area contributed by atoms with Crippen LogP contribution in [0.2, 0.25) is 0 Å². The van der Waals surface area contributed by atoms with Crippen molar-refractivity contribution < 1.29 is 22.8 Å².